The van der Waals surface area contributed by atoms with Crippen LogP contribution in [0.1, 0.15) is 25.2 Å². The Hall–Kier alpha value is -0.510. The molecular weight excluding hydrogens is 211 g/mol. The van der Waals surface area contributed by atoms with Gasteiger partial charge in [0.05, 0.1) is 18.1 Å². The van der Waals surface area contributed by atoms with Crippen LogP contribution in [0.5, 0.6) is 0 Å². The smallest absolute Gasteiger partial charge is 0.143 e. The van der Waals surface area contributed by atoms with Crippen molar-refractivity contribution in [1.29, 1.82) is 0 Å². The number of alkyl halides is 1. The van der Waals surface area contributed by atoms with Crippen molar-refractivity contribution in [3.8, 4) is 0 Å². The van der Waals surface area contributed by atoms with Crippen LogP contribution in [0.15, 0.2) is 17.0 Å². The van der Waals surface area contributed by atoms with E-state index >= 15 is 0 Å². The zero-order valence-corrected chi connectivity index (χ0v) is 7.68. The van der Waals surface area contributed by atoms with Gasteiger partial charge in [-0.25, -0.2) is 9.37 Å². The minimum absolute atomic E-state index is 0.391. The maximum Gasteiger partial charge on any atom is 0.143 e. The van der Waals surface area contributed by atoms with E-state index in [0.717, 1.165) is 0 Å². The topological polar surface area (TPSA) is 25.8 Å². The lowest BCUT2D eigenvalue weighted by atomic mass is 10.2. The summed E-state index contributed by atoms with van der Waals surface area (Å²) in [6.07, 6.45) is 2.41. The minimum atomic E-state index is -1.00. The fraction of sp³-hybridized carbons (Fsp3) is 0.429. The summed E-state index contributed by atoms with van der Waals surface area (Å²) in [5.74, 6) is 0. The first-order valence-corrected chi connectivity index (χ1v) is 4.15. The van der Waals surface area contributed by atoms with Gasteiger partial charge in [-0.1, -0.05) is 6.92 Å². The molecule has 60 valence electrons. The molecular formula is C7H8BrFN2. The Labute approximate surface area is 73.0 Å². The molecule has 0 N–H and O–H groups in total. The summed E-state index contributed by atoms with van der Waals surface area (Å²) in [4.78, 5) is 7.73. The number of rotatable bonds is 2. The fourth-order valence-electron chi connectivity index (χ4n) is 0.716. The van der Waals surface area contributed by atoms with E-state index in [1.54, 1.807) is 6.92 Å². The van der Waals surface area contributed by atoms with Gasteiger partial charge in [-0.15, -0.1) is 0 Å². The van der Waals surface area contributed by atoms with Gasteiger partial charge in [0, 0.05) is 0 Å². The third-order valence-corrected chi connectivity index (χ3v) is 1.69. The van der Waals surface area contributed by atoms with Crippen LogP contribution in [0.2, 0.25) is 0 Å². The lowest BCUT2D eigenvalue weighted by Crippen LogP contribution is -1.94. The summed E-state index contributed by atoms with van der Waals surface area (Å²) in [7, 11) is 0. The van der Waals surface area contributed by atoms with Gasteiger partial charge in [-0.3, -0.25) is 4.98 Å². The third-order valence-electron chi connectivity index (χ3n) is 1.30. The van der Waals surface area contributed by atoms with Crippen LogP contribution in [0.3, 0.4) is 0 Å². The second kappa shape index (κ2) is 3.76. The average molecular weight is 219 g/mol. The molecule has 0 saturated carbocycles. The Morgan fingerprint density at radius 2 is 2.36 bits per heavy atom. The molecule has 4 heteroatoms. The summed E-state index contributed by atoms with van der Waals surface area (Å²) in [6, 6.07) is 0. The maximum atomic E-state index is 12.9. The van der Waals surface area contributed by atoms with Crippen molar-refractivity contribution >= 4 is 15.9 Å². The lowest BCUT2D eigenvalue weighted by Gasteiger charge is -2.02. The van der Waals surface area contributed by atoms with Crippen LogP contribution in [-0.2, 0) is 0 Å². The predicted octanol–water partition coefficient (Wildman–Crippen LogP) is 2.66. The van der Waals surface area contributed by atoms with E-state index in [-0.39, 0.29) is 0 Å². The Morgan fingerprint density at radius 1 is 1.64 bits per heavy atom. The molecule has 0 aliphatic heterocycles. The van der Waals surface area contributed by atoms with Crippen molar-refractivity contribution in [3.05, 3.63) is 22.7 Å². The second-order valence-electron chi connectivity index (χ2n) is 2.14. The van der Waals surface area contributed by atoms with Gasteiger partial charge in [-0.05, 0) is 22.4 Å². The van der Waals surface area contributed by atoms with Crippen LogP contribution >= 0.6 is 15.9 Å². The Balaban J connectivity index is 2.86. The van der Waals surface area contributed by atoms with Gasteiger partial charge >= 0.3 is 0 Å². The normalized spacial score (nSPS) is 13.0. The van der Waals surface area contributed by atoms with E-state index in [9.17, 15) is 4.39 Å². The molecule has 0 bridgehead atoms. The first-order chi connectivity index (χ1) is 5.24. The highest BCUT2D eigenvalue weighted by atomic mass is 79.9. The van der Waals surface area contributed by atoms with E-state index in [1.165, 1.54) is 12.4 Å². The van der Waals surface area contributed by atoms with Crippen LogP contribution < -0.4 is 0 Å². The third kappa shape index (κ3) is 2.22. The van der Waals surface area contributed by atoms with E-state index in [0.29, 0.717) is 16.7 Å². The lowest BCUT2D eigenvalue weighted by molar-refractivity contribution is 0.325. The number of aromatic nitrogens is 2. The number of hydrogen-bond donors (Lipinski definition) is 0. The zero-order chi connectivity index (χ0) is 8.27. The van der Waals surface area contributed by atoms with Crippen molar-refractivity contribution in [2.24, 2.45) is 0 Å². The van der Waals surface area contributed by atoms with Crippen molar-refractivity contribution in [1.82, 2.24) is 9.97 Å². The highest BCUT2D eigenvalue weighted by Gasteiger charge is 2.08. The summed E-state index contributed by atoms with van der Waals surface area (Å²) in [6.45, 7) is 1.77. The molecule has 0 aliphatic carbocycles. The van der Waals surface area contributed by atoms with E-state index in [4.69, 9.17) is 0 Å². The van der Waals surface area contributed by atoms with E-state index in [1.807, 2.05) is 0 Å². The van der Waals surface area contributed by atoms with Crippen LogP contribution in [0, 0.1) is 0 Å². The average Bonchev–Trinajstić information content (AvgIpc) is 2.03. The molecule has 0 aromatic carbocycles. The number of hydrogen-bond acceptors (Lipinski definition) is 2. The monoisotopic (exact) mass is 218 g/mol. The summed E-state index contributed by atoms with van der Waals surface area (Å²) in [5.41, 5.74) is 0.391. The Morgan fingerprint density at radius 3 is 2.91 bits per heavy atom. The van der Waals surface area contributed by atoms with Gasteiger partial charge in [-0.2, -0.15) is 0 Å². The predicted molar refractivity (Wildman–Crippen MR) is 43.9 cm³/mol. The van der Waals surface area contributed by atoms with Gasteiger partial charge in [0.2, 0.25) is 0 Å². The minimum Gasteiger partial charge on any atom is -0.260 e. The molecule has 0 aliphatic rings. The highest BCUT2D eigenvalue weighted by molar-refractivity contribution is 9.10. The molecule has 1 heterocycles. The Bertz CT molecular complexity index is 242. The molecule has 11 heavy (non-hydrogen) atoms. The highest BCUT2D eigenvalue weighted by Crippen LogP contribution is 2.18. The molecule has 0 spiro atoms. The maximum absolute atomic E-state index is 12.9. The fourth-order valence-corrected chi connectivity index (χ4v) is 1.04. The largest absolute Gasteiger partial charge is 0.260 e. The van der Waals surface area contributed by atoms with Gasteiger partial charge in [0.1, 0.15) is 10.8 Å². The van der Waals surface area contributed by atoms with Crippen LogP contribution in [0.4, 0.5) is 4.39 Å². The molecule has 0 amide bonds. The molecule has 1 aromatic rings. The van der Waals surface area contributed by atoms with Crippen molar-refractivity contribution in [2.45, 2.75) is 19.5 Å². The molecule has 1 unspecified atom stereocenters. The quantitative estimate of drug-likeness (QED) is 0.764. The van der Waals surface area contributed by atoms with Gasteiger partial charge < -0.3 is 0 Å². The van der Waals surface area contributed by atoms with Crippen molar-refractivity contribution in [3.63, 3.8) is 0 Å². The standard InChI is InChI=1S/C7H8BrFN2/c1-2-5(9)6-3-10-4-7(8)11-6/h3-5H,2H2,1H3. The zero-order valence-electron chi connectivity index (χ0n) is 6.09. The first kappa shape index (κ1) is 8.59. The van der Waals surface area contributed by atoms with Gasteiger partial charge in [0.25, 0.3) is 0 Å². The van der Waals surface area contributed by atoms with Crippen molar-refractivity contribution < 1.29 is 4.39 Å². The van der Waals surface area contributed by atoms with E-state index in [2.05, 4.69) is 25.9 Å². The molecule has 0 saturated heterocycles. The molecule has 0 radical (unpaired) electrons. The summed E-state index contributed by atoms with van der Waals surface area (Å²) >= 11 is 3.12. The van der Waals surface area contributed by atoms with E-state index < -0.39 is 6.17 Å². The molecule has 2 nitrogen and oxygen atoms in total. The molecule has 0 fully saturated rings. The molecule has 1 atom stereocenters. The van der Waals surface area contributed by atoms with Crippen LogP contribution in [-0.4, -0.2) is 9.97 Å². The molecule has 1 rings (SSSR count). The molecule has 1 aromatic heterocycles. The van der Waals surface area contributed by atoms with Crippen LogP contribution in [0.25, 0.3) is 0 Å². The SMILES string of the molecule is CCC(F)c1cncc(Br)n1. The summed E-state index contributed by atoms with van der Waals surface area (Å²) in [5, 5.41) is 0. The van der Waals surface area contributed by atoms with Crippen molar-refractivity contribution in [2.75, 3.05) is 0 Å². The number of nitrogens with zero attached hydrogens (tertiary/aromatic N) is 2. The number of halogens is 2. The van der Waals surface area contributed by atoms with Gasteiger partial charge in [0.15, 0.2) is 0 Å². The Kier molecular flexibility index (Phi) is 2.93. The first-order valence-electron chi connectivity index (χ1n) is 3.35. The second-order valence-corrected chi connectivity index (χ2v) is 2.95. The summed E-state index contributed by atoms with van der Waals surface area (Å²) < 4.78 is 13.5.